The maximum Gasteiger partial charge on any atom is 0.138 e. The summed E-state index contributed by atoms with van der Waals surface area (Å²) in [7, 11) is 2.05. The molecule has 1 aromatic rings. The molecule has 0 spiro atoms. The van der Waals surface area contributed by atoms with Crippen molar-refractivity contribution < 1.29 is 9.84 Å². The molecule has 0 saturated carbocycles. The van der Waals surface area contributed by atoms with Crippen molar-refractivity contribution in [3.63, 3.8) is 0 Å². The predicted molar refractivity (Wildman–Crippen MR) is 68.4 cm³/mol. The Morgan fingerprint density at radius 3 is 2.94 bits per heavy atom. The Kier molecular flexibility index (Phi) is 3.92. The van der Waals surface area contributed by atoms with Crippen molar-refractivity contribution in [3.8, 4) is 5.75 Å². The minimum atomic E-state index is 0.188. The van der Waals surface area contributed by atoms with Crippen molar-refractivity contribution in [2.24, 2.45) is 0 Å². The van der Waals surface area contributed by atoms with E-state index in [1.54, 1.807) is 6.07 Å². The molecule has 1 aromatic carbocycles. The van der Waals surface area contributed by atoms with Crippen LogP contribution in [0.2, 0.25) is 5.02 Å². The molecule has 1 aliphatic heterocycles. The summed E-state index contributed by atoms with van der Waals surface area (Å²) in [4.78, 5) is 2.21. The second-order valence-corrected chi connectivity index (χ2v) is 5.00. The number of hydrogen-bond acceptors (Lipinski definition) is 3. The number of hydrogen-bond donors (Lipinski definition) is 1. The average Bonchev–Trinajstić information content (AvgIpc) is 2.71. The van der Waals surface area contributed by atoms with Gasteiger partial charge in [-0.15, -0.1) is 0 Å². The number of para-hydroxylation sites is 1. The monoisotopic (exact) mass is 255 g/mol. The third kappa shape index (κ3) is 2.73. The maximum atomic E-state index is 9.87. The molecule has 0 bridgehead atoms. The molecule has 0 aromatic heterocycles. The van der Waals surface area contributed by atoms with Gasteiger partial charge >= 0.3 is 0 Å². The number of ether oxygens (including phenoxy) is 1. The standard InChI is InChI=1S/C13H18ClNO2/c1-9-12(6-7-17-9)15(2)8-10-4-3-5-11(14)13(10)16/h3-5,9,12,16H,6-8H2,1-2H3. The highest BCUT2D eigenvalue weighted by Gasteiger charge is 2.28. The molecule has 0 aliphatic carbocycles. The van der Waals surface area contributed by atoms with Crippen LogP contribution in [0.4, 0.5) is 0 Å². The van der Waals surface area contributed by atoms with Gasteiger partial charge in [-0.25, -0.2) is 0 Å². The van der Waals surface area contributed by atoms with E-state index in [1.165, 1.54) is 0 Å². The lowest BCUT2D eigenvalue weighted by Gasteiger charge is -2.26. The molecule has 0 radical (unpaired) electrons. The van der Waals surface area contributed by atoms with Gasteiger partial charge in [0.1, 0.15) is 5.75 Å². The van der Waals surface area contributed by atoms with E-state index in [2.05, 4.69) is 18.9 Å². The Hall–Kier alpha value is -0.770. The Labute approximate surface area is 107 Å². The summed E-state index contributed by atoms with van der Waals surface area (Å²) in [6, 6.07) is 5.87. The molecule has 2 unspecified atom stereocenters. The number of halogens is 1. The number of aromatic hydroxyl groups is 1. The van der Waals surface area contributed by atoms with E-state index >= 15 is 0 Å². The minimum Gasteiger partial charge on any atom is -0.506 e. The summed E-state index contributed by atoms with van der Waals surface area (Å²) in [5, 5.41) is 10.3. The van der Waals surface area contributed by atoms with Crippen LogP contribution in [0.25, 0.3) is 0 Å². The lowest BCUT2D eigenvalue weighted by molar-refractivity contribution is 0.0812. The summed E-state index contributed by atoms with van der Waals surface area (Å²) in [5.74, 6) is 0.188. The van der Waals surface area contributed by atoms with Gasteiger partial charge in [0.15, 0.2) is 0 Å². The lowest BCUT2D eigenvalue weighted by Crippen LogP contribution is -2.36. The first-order valence-corrected chi connectivity index (χ1v) is 6.25. The normalized spacial score (nSPS) is 24.5. The van der Waals surface area contributed by atoms with Gasteiger partial charge in [-0.2, -0.15) is 0 Å². The number of nitrogens with zero attached hydrogens (tertiary/aromatic N) is 1. The zero-order chi connectivity index (χ0) is 12.4. The second-order valence-electron chi connectivity index (χ2n) is 4.59. The van der Waals surface area contributed by atoms with Gasteiger partial charge in [-0.05, 0) is 26.5 Å². The highest BCUT2D eigenvalue weighted by Crippen LogP contribution is 2.29. The van der Waals surface area contributed by atoms with Crippen molar-refractivity contribution in [2.45, 2.75) is 32.0 Å². The van der Waals surface area contributed by atoms with E-state index in [0.29, 0.717) is 17.6 Å². The summed E-state index contributed by atoms with van der Waals surface area (Å²) in [6.07, 6.45) is 1.29. The zero-order valence-corrected chi connectivity index (χ0v) is 10.9. The third-order valence-electron chi connectivity index (χ3n) is 3.39. The molecular weight excluding hydrogens is 238 g/mol. The summed E-state index contributed by atoms with van der Waals surface area (Å²) in [6.45, 7) is 3.59. The van der Waals surface area contributed by atoms with Crippen LogP contribution in [0.5, 0.6) is 5.75 Å². The van der Waals surface area contributed by atoms with Crippen LogP contribution in [-0.4, -0.2) is 35.8 Å². The maximum absolute atomic E-state index is 9.87. The fourth-order valence-corrected chi connectivity index (χ4v) is 2.57. The van der Waals surface area contributed by atoms with E-state index in [0.717, 1.165) is 18.6 Å². The fourth-order valence-electron chi connectivity index (χ4n) is 2.37. The number of phenols is 1. The first kappa shape index (κ1) is 12.7. The van der Waals surface area contributed by atoms with E-state index in [4.69, 9.17) is 16.3 Å². The van der Waals surface area contributed by atoms with Gasteiger partial charge in [0.05, 0.1) is 11.1 Å². The highest BCUT2D eigenvalue weighted by molar-refractivity contribution is 6.32. The molecule has 2 rings (SSSR count). The quantitative estimate of drug-likeness (QED) is 0.901. The average molecular weight is 256 g/mol. The first-order chi connectivity index (χ1) is 8.09. The molecule has 1 heterocycles. The van der Waals surface area contributed by atoms with E-state index in [-0.39, 0.29) is 11.9 Å². The van der Waals surface area contributed by atoms with E-state index < -0.39 is 0 Å². The van der Waals surface area contributed by atoms with Crippen LogP contribution >= 0.6 is 11.6 Å². The molecule has 1 saturated heterocycles. The molecule has 94 valence electrons. The van der Waals surface area contributed by atoms with Gasteiger partial charge in [-0.1, -0.05) is 23.7 Å². The molecule has 0 amide bonds. The Balaban J connectivity index is 2.07. The number of rotatable bonds is 3. The SMILES string of the molecule is CC1OCCC1N(C)Cc1cccc(Cl)c1O. The van der Waals surface area contributed by atoms with Crippen LogP contribution in [-0.2, 0) is 11.3 Å². The zero-order valence-electron chi connectivity index (χ0n) is 10.2. The largest absolute Gasteiger partial charge is 0.506 e. The van der Waals surface area contributed by atoms with Crippen LogP contribution in [0, 0.1) is 0 Å². The molecule has 4 heteroatoms. The Morgan fingerprint density at radius 1 is 1.53 bits per heavy atom. The molecule has 1 aliphatic rings. The van der Waals surface area contributed by atoms with E-state index in [1.807, 2.05) is 12.1 Å². The number of likely N-dealkylation sites (N-methyl/N-ethyl adjacent to an activating group) is 1. The minimum absolute atomic E-state index is 0.188. The van der Waals surface area contributed by atoms with Crippen LogP contribution in [0.1, 0.15) is 18.9 Å². The van der Waals surface area contributed by atoms with Crippen molar-refractivity contribution in [2.75, 3.05) is 13.7 Å². The van der Waals surface area contributed by atoms with E-state index in [9.17, 15) is 5.11 Å². The molecule has 1 N–H and O–H groups in total. The second kappa shape index (κ2) is 5.25. The van der Waals surface area contributed by atoms with Gasteiger partial charge in [0, 0.05) is 24.8 Å². The van der Waals surface area contributed by atoms with Crippen LogP contribution in [0.15, 0.2) is 18.2 Å². The molecule has 1 fully saturated rings. The van der Waals surface area contributed by atoms with Crippen molar-refractivity contribution >= 4 is 11.6 Å². The van der Waals surface area contributed by atoms with Gasteiger partial charge in [0.25, 0.3) is 0 Å². The molecule has 17 heavy (non-hydrogen) atoms. The molecule has 3 nitrogen and oxygen atoms in total. The molecular formula is C13H18ClNO2. The number of phenolic OH excluding ortho intramolecular Hbond substituents is 1. The predicted octanol–water partition coefficient (Wildman–Crippen LogP) is 2.65. The fraction of sp³-hybridized carbons (Fsp3) is 0.538. The number of benzene rings is 1. The third-order valence-corrected chi connectivity index (χ3v) is 3.70. The van der Waals surface area contributed by atoms with Crippen LogP contribution in [0.3, 0.4) is 0 Å². The smallest absolute Gasteiger partial charge is 0.138 e. The molecule has 2 atom stereocenters. The highest BCUT2D eigenvalue weighted by atomic mass is 35.5. The Morgan fingerprint density at radius 2 is 2.29 bits per heavy atom. The van der Waals surface area contributed by atoms with Gasteiger partial charge in [0.2, 0.25) is 0 Å². The van der Waals surface area contributed by atoms with Gasteiger partial charge < -0.3 is 9.84 Å². The first-order valence-electron chi connectivity index (χ1n) is 5.88. The van der Waals surface area contributed by atoms with Crippen molar-refractivity contribution in [1.29, 1.82) is 0 Å². The topological polar surface area (TPSA) is 32.7 Å². The Bertz CT molecular complexity index is 397. The van der Waals surface area contributed by atoms with Crippen LogP contribution < -0.4 is 0 Å². The summed E-state index contributed by atoms with van der Waals surface area (Å²) < 4.78 is 5.55. The lowest BCUT2D eigenvalue weighted by atomic mass is 10.1. The van der Waals surface area contributed by atoms with Crippen molar-refractivity contribution in [1.82, 2.24) is 4.90 Å². The summed E-state index contributed by atoms with van der Waals surface area (Å²) in [5.41, 5.74) is 0.860. The van der Waals surface area contributed by atoms with Gasteiger partial charge in [-0.3, -0.25) is 4.90 Å². The van der Waals surface area contributed by atoms with Crippen molar-refractivity contribution in [3.05, 3.63) is 28.8 Å². The summed E-state index contributed by atoms with van der Waals surface area (Å²) >= 11 is 5.89.